The Morgan fingerprint density at radius 1 is 0.912 bits per heavy atom. The van der Waals surface area contributed by atoms with Crippen LogP contribution in [0.1, 0.15) is 21.5 Å². The van der Waals surface area contributed by atoms with Crippen molar-refractivity contribution in [3.63, 3.8) is 0 Å². The lowest BCUT2D eigenvalue weighted by atomic mass is 10.1. The minimum atomic E-state index is -4.37. The van der Waals surface area contributed by atoms with Gasteiger partial charge in [0, 0.05) is 40.8 Å². The number of carbonyl (C=O) groups excluding carboxylic acids is 1. The number of benzene rings is 3. The van der Waals surface area contributed by atoms with E-state index in [1.807, 2.05) is 35.0 Å². The lowest BCUT2D eigenvalue weighted by Crippen LogP contribution is -2.28. The zero-order valence-corrected chi connectivity index (χ0v) is 18.5. The predicted octanol–water partition coefficient (Wildman–Crippen LogP) is 6.66. The van der Waals surface area contributed by atoms with Crippen LogP contribution in [0.2, 0.25) is 0 Å². The van der Waals surface area contributed by atoms with Crippen molar-refractivity contribution in [1.29, 1.82) is 0 Å². The van der Waals surface area contributed by atoms with Gasteiger partial charge in [0.05, 0.1) is 5.56 Å². The van der Waals surface area contributed by atoms with Crippen LogP contribution in [-0.2, 0) is 18.5 Å². The van der Waals surface area contributed by atoms with Gasteiger partial charge in [0.15, 0.2) is 0 Å². The quantitative estimate of drug-likeness (QED) is 0.232. The number of thioether (sulfide) groups is 1. The number of nitrogens with one attached hydrogen (secondary N) is 1. The summed E-state index contributed by atoms with van der Waals surface area (Å²) in [7, 11) is 0. The molecule has 34 heavy (non-hydrogen) atoms. The molecule has 0 spiro atoms. The zero-order valence-electron chi connectivity index (χ0n) is 17.7. The lowest BCUT2D eigenvalue weighted by molar-refractivity contribution is -0.137. The standard InChI is InChI=1S/C25H19F5N2OS/c26-19-5-3-6-20(27)23(19)24(33)31-12-13-32-14-22(18-4-1-2-7-21(18)32)34-15-16-8-10-17(11-9-16)25(28,29)30/h1-11,14H,12-13,15H2,(H,31,33). The molecule has 3 aromatic carbocycles. The van der Waals surface area contributed by atoms with Crippen LogP contribution in [0.5, 0.6) is 0 Å². The van der Waals surface area contributed by atoms with Crippen molar-refractivity contribution >= 4 is 28.6 Å². The molecule has 176 valence electrons. The number of hydrogen-bond donors (Lipinski definition) is 1. The first-order chi connectivity index (χ1) is 16.2. The van der Waals surface area contributed by atoms with Crippen molar-refractivity contribution in [2.75, 3.05) is 6.54 Å². The van der Waals surface area contributed by atoms with Crippen molar-refractivity contribution in [3.05, 3.63) is 101 Å². The maximum absolute atomic E-state index is 13.8. The van der Waals surface area contributed by atoms with Gasteiger partial charge in [-0.3, -0.25) is 4.79 Å². The highest BCUT2D eigenvalue weighted by Gasteiger charge is 2.29. The van der Waals surface area contributed by atoms with Crippen LogP contribution in [0.25, 0.3) is 10.9 Å². The fraction of sp³-hybridized carbons (Fsp3) is 0.160. The van der Waals surface area contributed by atoms with Crippen LogP contribution < -0.4 is 5.32 Å². The van der Waals surface area contributed by atoms with E-state index in [1.54, 1.807) is 0 Å². The number of carbonyl (C=O) groups is 1. The van der Waals surface area contributed by atoms with E-state index in [0.29, 0.717) is 12.3 Å². The maximum Gasteiger partial charge on any atom is 0.416 e. The van der Waals surface area contributed by atoms with Gasteiger partial charge in [0.2, 0.25) is 0 Å². The van der Waals surface area contributed by atoms with Gasteiger partial charge in [0.25, 0.3) is 5.91 Å². The smallest absolute Gasteiger partial charge is 0.350 e. The summed E-state index contributed by atoms with van der Waals surface area (Å²) in [6.07, 6.45) is -2.47. The number of rotatable bonds is 7. The van der Waals surface area contributed by atoms with Crippen LogP contribution in [0.3, 0.4) is 0 Å². The molecule has 0 saturated heterocycles. The van der Waals surface area contributed by atoms with Crippen LogP contribution >= 0.6 is 11.8 Å². The molecule has 1 N–H and O–H groups in total. The van der Waals surface area contributed by atoms with E-state index in [-0.39, 0.29) is 6.54 Å². The molecular formula is C25H19F5N2OS. The second-order valence-electron chi connectivity index (χ2n) is 7.54. The Morgan fingerprint density at radius 2 is 1.59 bits per heavy atom. The molecule has 0 atom stereocenters. The van der Waals surface area contributed by atoms with Crippen molar-refractivity contribution < 1.29 is 26.7 Å². The first-order valence-corrected chi connectivity index (χ1v) is 11.3. The van der Waals surface area contributed by atoms with E-state index in [9.17, 15) is 26.7 Å². The molecule has 0 aliphatic rings. The summed E-state index contributed by atoms with van der Waals surface area (Å²) in [4.78, 5) is 13.1. The molecule has 0 bridgehead atoms. The molecule has 0 saturated carbocycles. The Hall–Kier alpha value is -3.33. The van der Waals surface area contributed by atoms with Gasteiger partial charge >= 0.3 is 6.18 Å². The first kappa shape index (κ1) is 23.8. The topological polar surface area (TPSA) is 34.0 Å². The van der Waals surface area contributed by atoms with E-state index < -0.39 is 34.8 Å². The molecular weight excluding hydrogens is 471 g/mol. The molecule has 4 rings (SSSR count). The number of aromatic nitrogens is 1. The monoisotopic (exact) mass is 490 g/mol. The molecule has 0 aliphatic carbocycles. The second kappa shape index (κ2) is 9.89. The fourth-order valence-corrected chi connectivity index (χ4v) is 4.60. The highest BCUT2D eigenvalue weighted by molar-refractivity contribution is 7.98. The predicted molar refractivity (Wildman–Crippen MR) is 122 cm³/mol. The van der Waals surface area contributed by atoms with Crippen molar-refractivity contribution in [1.82, 2.24) is 9.88 Å². The molecule has 3 nitrogen and oxygen atoms in total. The minimum Gasteiger partial charge on any atom is -0.350 e. The number of amides is 1. The van der Waals surface area contributed by atoms with Gasteiger partial charge in [-0.25, -0.2) is 8.78 Å². The van der Waals surface area contributed by atoms with Crippen molar-refractivity contribution in [2.24, 2.45) is 0 Å². The van der Waals surface area contributed by atoms with E-state index >= 15 is 0 Å². The number of para-hydroxylation sites is 1. The molecule has 0 fully saturated rings. The largest absolute Gasteiger partial charge is 0.416 e. The van der Waals surface area contributed by atoms with Crippen LogP contribution in [-0.4, -0.2) is 17.0 Å². The summed E-state index contributed by atoms with van der Waals surface area (Å²) in [5.41, 5.74) is 0.362. The zero-order chi connectivity index (χ0) is 24.3. The van der Waals surface area contributed by atoms with Gasteiger partial charge in [-0.2, -0.15) is 13.2 Å². The minimum absolute atomic E-state index is 0.147. The molecule has 0 unspecified atom stereocenters. The van der Waals surface area contributed by atoms with Gasteiger partial charge < -0.3 is 9.88 Å². The summed E-state index contributed by atoms with van der Waals surface area (Å²) in [6.45, 7) is 0.511. The Morgan fingerprint density at radius 3 is 2.26 bits per heavy atom. The summed E-state index contributed by atoms with van der Waals surface area (Å²) in [5, 5.41) is 3.50. The Kier molecular flexibility index (Phi) is 6.92. The molecule has 0 aliphatic heterocycles. The molecule has 0 radical (unpaired) electrons. The Labute approximate surface area is 196 Å². The SMILES string of the molecule is O=C(NCCn1cc(SCc2ccc(C(F)(F)F)cc2)c2ccccc21)c1c(F)cccc1F. The van der Waals surface area contributed by atoms with Crippen molar-refractivity contribution in [2.45, 2.75) is 23.4 Å². The summed E-state index contributed by atoms with van der Waals surface area (Å²) in [6, 6.07) is 15.9. The van der Waals surface area contributed by atoms with Gasteiger partial charge in [0.1, 0.15) is 17.2 Å². The van der Waals surface area contributed by atoms with E-state index in [2.05, 4.69) is 5.32 Å². The van der Waals surface area contributed by atoms with Crippen LogP contribution in [0.4, 0.5) is 22.0 Å². The Balaban J connectivity index is 1.44. The highest BCUT2D eigenvalue weighted by Crippen LogP contribution is 2.33. The molecule has 1 aromatic heterocycles. The number of hydrogen-bond acceptors (Lipinski definition) is 2. The van der Waals surface area contributed by atoms with Crippen LogP contribution in [0, 0.1) is 11.6 Å². The first-order valence-electron chi connectivity index (χ1n) is 10.3. The average Bonchev–Trinajstić information content (AvgIpc) is 3.15. The molecule has 1 heterocycles. The number of nitrogens with zero attached hydrogens (tertiary/aromatic N) is 1. The van der Waals surface area contributed by atoms with E-state index in [1.165, 1.54) is 30.0 Å². The third-order valence-corrected chi connectivity index (χ3v) is 6.37. The molecule has 1 amide bonds. The third-order valence-electron chi connectivity index (χ3n) is 5.26. The van der Waals surface area contributed by atoms with Crippen LogP contribution in [0.15, 0.2) is 77.8 Å². The normalized spacial score (nSPS) is 11.7. The Bertz CT molecular complexity index is 1300. The maximum atomic E-state index is 13.8. The molecule has 9 heteroatoms. The summed E-state index contributed by atoms with van der Waals surface area (Å²) >= 11 is 1.49. The number of fused-ring (bicyclic) bond motifs is 1. The molecule has 4 aromatic rings. The van der Waals surface area contributed by atoms with E-state index in [4.69, 9.17) is 0 Å². The fourth-order valence-electron chi connectivity index (χ4n) is 3.56. The third kappa shape index (κ3) is 5.25. The van der Waals surface area contributed by atoms with Gasteiger partial charge in [-0.05, 0) is 35.9 Å². The van der Waals surface area contributed by atoms with Gasteiger partial charge in [-0.15, -0.1) is 11.8 Å². The highest BCUT2D eigenvalue weighted by atomic mass is 32.2. The summed E-state index contributed by atoms with van der Waals surface area (Å²) in [5.74, 6) is -2.20. The van der Waals surface area contributed by atoms with Gasteiger partial charge in [-0.1, -0.05) is 36.4 Å². The summed E-state index contributed by atoms with van der Waals surface area (Å²) < 4.78 is 67.8. The number of halogens is 5. The average molecular weight is 490 g/mol. The lowest BCUT2D eigenvalue weighted by Gasteiger charge is -2.09. The second-order valence-corrected chi connectivity index (χ2v) is 8.56. The van der Waals surface area contributed by atoms with E-state index in [0.717, 1.165) is 45.6 Å². The number of alkyl halides is 3. The van der Waals surface area contributed by atoms with Crippen molar-refractivity contribution in [3.8, 4) is 0 Å².